The van der Waals surface area contributed by atoms with Gasteiger partial charge < -0.3 is 14.8 Å². The van der Waals surface area contributed by atoms with Crippen molar-refractivity contribution in [3.05, 3.63) is 48.7 Å². The molecule has 8 heteroatoms. The summed E-state index contributed by atoms with van der Waals surface area (Å²) in [5.74, 6) is 0.478. The highest BCUT2D eigenvalue weighted by atomic mass is 19.4. The molecule has 0 saturated carbocycles. The van der Waals surface area contributed by atoms with Crippen LogP contribution in [0.25, 0.3) is 10.9 Å². The van der Waals surface area contributed by atoms with Gasteiger partial charge in [-0.05, 0) is 18.2 Å². The van der Waals surface area contributed by atoms with Crippen LogP contribution in [0.2, 0.25) is 0 Å². The van der Waals surface area contributed by atoms with Gasteiger partial charge in [-0.15, -0.1) is 0 Å². The molecule has 0 aliphatic heterocycles. The summed E-state index contributed by atoms with van der Waals surface area (Å²) in [6.45, 7) is -1.41. The average Bonchev–Trinajstić information content (AvgIpc) is 2.59. The minimum atomic E-state index is -4.44. The molecule has 0 saturated heterocycles. The van der Waals surface area contributed by atoms with Gasteiger partial charge in [0.05, 0.1) is 12.6 Å². The number of rotatable bonds is 5. The number of para-hydroxylation sites is 1. The molecule has 0 aliphatic carbocycles. The molecular weight excluding hydrogens is 335 g/mol. The second-order valence-corrected chi connectivity index (χ2v) is 5.15. The summed E-state index contributed by atoms with van der Waals surface area (Å²) in [5, 5.41) is 3.65. The highest BCUT2D eigenvalue weighted by Gasteiger charge is 2.29. The standard InChI is InChI=1S/C17H14F3N3O2/c1-24-14-7-11-9-21-16(22-12-5-3-2-4-6-12)23-13(11)8-15(14)25-10-17(18,19)20/h2-9H,10H2,1H3,(H,21,22,23). The normalized spacial score (nSPS) is 11.4. The fourth-order valence-electron chi connectivity index (χ4n) is 2.18. The van der Waals surface area contributed by atoms with E-state index in [4.69, 9.17) is 9.47 Å². The molecule has 0 aliphatic rings. The zero-order chi connectivity index (χ0) is 17.9. The Balaban J connectivity index is 1.92. The minimum Gasteiger partial charge on any atom is -0.493 e. The van der Waals surface area contributed by atoms with Gasteiger partial charge in [-0.25, -0.2) is 9.97 Å². The largest absolute Gasteiger partial charge is 0.493 e. The number of aromatic nitrogens is 2. The molecule has 0 unspecified atom stereocenters. The minimum absolute atomic E-state index is 0.0308. The van der Waals surface area contributed by atoms with Crippen LogP contribution >= 0.6 is 0 Å². The van der Waals surface area contributed by atoms with E-state index in [9.17, 15) is 13.2 Å². The Morgan fingerprint density at radius 2 is 1.84 bits per heavy atom. The summed E-state index contributed by atoms with van der Waals surface area (Å²) < 4.78 is 47.1. The number of ether oxygens (including phenoxy) is 2. The van der Waals surface area contributed by atoms with E-state index < -0.39 is 12.8 Å². The second kappa shape index (κ2) is 6.84. The molecule has 1 heterocycles. The SMILES string of the molecule is COc1cc2cnc(Nc3ccccc3)nc2cc1OCC(F)(F)F. The molecule has 2 aromatic carbocycles. The van der Waals surface area contributed by atoms with Crippen molar-refractivity contribution >= 4 is 22.5 Å². The molecule has 0 bridgehead atoms. The smallest absolute Gasteiger partial charge is 0.422 e. The van der Waals surface area contributed by atoms with Gasteiger partial charge in [-0.3, -0.25) is 0 Å². The number of anilines is 2. The van der Waals surface area contributed by atoms with Gasteiger partial charge in [0.2, 0.25) is 5.95 Å². The predicted octanol–water partition coefficient (Wildman–Crippen LogP) is 4.32. The van der Waals surface area contributed by atoms with E-state index in [0.29, 0.717) is 16.9 Å². The molecular formula is C17H14F3N3O2. The number of nitrogens with one attached hydrogen (secondary N) is 1. The summed E-state index contributed by atoms with van der Waals surface area (Å²) in [6, 6.07) is 12.2. The zero-order valence-corrected chi connectivity index (χ0v) is 13.2. The van der Waals surface area contributed by atoms with E-state index in [0.717, 1.165) is 5.69 Å². The van der Waals surface area contributed by atoms with Crippen LogP contribution in [0.15, 0.2) is 48.7 Å². The maximum atomic E-state index is 12.4. The van der Waals surface area contributed by atoms with Crippen LogP contribution in [0.1, 0.15) is 0 Å². The number of benzene rings is 2. The molecule has 25 heavy (non-hydrogen) atoms. The van der Waals surface area contributed by atoms with Crippen LogP contribution in [0, 0.1) is 0 Å². The van der Waals surface area contributed by atoms with E-state index in [-0.39, 0.29) is 11.5 Å². The Bertz CT molecular complexity index is 870. The van der Waals surface area contributed by atoms with E-state index >= 15 is 0 Å². The Kier molecular flexibility index (Phi) is 4.60. The first-order valence-corrected chi connectivity index (χ1v) is 7.31. The van der Waals surface area contributed by atoms with Crippen LogP contribution in [0.3, 0.4) is 0 Å². The van der Waals surface area contributed by atoms with Gasteiger partial charge in [-0.1, -0.05) is 18.2 Å². The van der Waals surface area contributed by atoms with Crippen LogP contribution in [0.4, 0.5) is 24.8 Å². The van der Waals surface area contributed by atoms with Crippen molar-refractivity contribution in [3.8, 4) is 11.5 Å². The third-order valence-electron chi connectivity index (χ3n) is 3.29. The Morgan fingerprint density at radius 3 is 2.52 bits per heavy atom. The van der Waals surface area contributed by atoms with Gasteiger partial charge in [0, 0.05) is 23.3 Å². The van der Waals surface area contributed by atoms with Crippen molar-refractivity contribution in [1.29, 1.82) is 0 Å². The van der Waals surface area contributed by atoms with Gasteiger partial charge in [0.15, 0.2) is 18.1 Å². The number of hydrogen-bond acceptors (Lipinski definition) is 5. The lowest BCUT2D eigenvalue weighted by molar-refractivity contribution is -0.153. The highest BCUT2D eigenvalue weighted by Crippen LogP contribution is 2.33. The van der Waals surface area contributed by atoms with E-state index in [1.54, 1.807) is 6.20 Å². The average molecular weight is 349 g/mol. The summed E-state index contributed by atoms with van der Waals surface area (Å²) in [5.41, 5.74) is 1.23. The molecule has 3 aromatic rings. The third-order valence-corrected chi connectivity index (χ3v) is 3.29. The molecule has 0 spiro atoms. The fourth-order valence-corrected chi connectivity index (χ4v) is 2.18. The topological polar surface area (TPSA) is 56.3 Å². The number of hydrogen-bond donors (Lipinski definition) is 1. The fraction of sp³-hybridized carbons (Fsp3) is 0.176. The van der Waals surface area contributed by atoms with Crippen molar-refractivity contribution < 1.29 is 22.6 Å². The first-order valence-electron chi connectivity index (χ1n) is 7.31. The van der Waals surface area contributed by atoms with Gasteiger partial charge >= 0.3 is 6.18 Å². The van der Waals surface area contributed by atoms with Gasteiger partial charge in [0.25, 0.3) is 0 Å². The molecule has 130 valence electrons. The van der Waals surface area contributed by atoms with E-state index in [1.807, 2.05) is 30.3 Å². The van der Waals surface area contributed by atoms with Crippen molar-refractivity contribution in [2.24, 2.45) is 0 Å². The second-order valence-electron chi connectivity index (χ2n) is 5.15. The number of nitrogens with zero attached hydrogens (tertiary/aromatic N) is 2. The van der Waals surface area contributed by atoms with Crippen LogP contribution in [-0.4, -0.2) is 29.9 Å². The number of fused-ring (bicyclic) bond motifs is 1. The Hall–Kier alpha value is -3.03. The van der Waals surface area contributed by atoms with Crippen LogP contribution in [-0.2, 0) is 0 Å². The van der Waals surface area contributed by atoms with Crippen molar-refractivity contribution in [2.75, 3.05) is 19.0 Å². The quantitative estimate of drug-likeness (QED) is 0.743. The summed E-state index contributed by atoms with van der Waals surface area (Å²) in [7, 11) is 1.35. The Morgan fingerprint density at radius 1 is 1.08 bits per heavy atom. The predicted molar refractivity (Wildman–Crippen MR) is 87.4 cm³/mol. The van der Waals surface area contributed by atoms with E-state index in [2.05, 4.69) is 15.3 Å². The summed E-state index contributed by atoms with van der Waals surface area (Å²) in [6.07, 6.45) is -2.88. The summed E-state index contributed by atoms with van der Waals surface area (Å²) >= 11 is 0. The van der Waals surface area contributed by atoms with Crippen LogP contribution in [0.5, 0.6) is 11.5 Å². The molecule has 0 atom stereocenters. The van der Waals surface area contributed by atoms with E-state index in [1.165, 1.54) is 19.2 Å². The van der Waals surface area contributed by atoms with Crippen molar-refractivity contribution in [3.63, 3.8) is 0 Å². The van der Waals surface area contributed by atoms with Crippen molar-refractivity contribution in [2.45, 2.75) is 6.18 Å². The molecule has 3 rings (SSSR count). The maximum Gasteiger partial charge on any atom is 0.422 e. The first kappa shape index (κ1) is 16.8. The molecule has 5 nitrogen and oxygen atoms in total. The molecule has 0 radical (unpaired) electrons. The molecule has 0 fully saturated rings. The highest BCUT2D eigenvalue weighted by molar-refractivity contribution is 5.83. The lowest BCUT2D eigenvalue weighted by Crippen LogP contribution is -2.19. The number of halogens is 3. The lowest BCUT2D eigenvalue weighted by atomic mass is 10.2. The number of alkyl halides is 3. The van der Waals surface area contributed by atoms with Gasteiger partial charge in [0.1, 0.15) is 0 Å². The first-order chi connectivity index (χ1) is 11.9. The van der Waals surface area contributed by atoms with Gasteiger partial charge in [-0.2, -0.15) is 13.2 Å². The third kappa shape index (κ3) is 4.28. The van der Waals surface area contributed by atoms with Crippen molar-refractivity contribution in [1.82, 2.24) is 9.97 Å². The monoisotopic (exact) mass is 349 g/mol. The lowest BCUT2D eigenvalue weighted by Gasteiger charge is -2.13. The zero-order valence-electron chi connectivity index (χ0n) is 13.2. The summed E-state index contributed by atoms with van der Waals surface area (Å²) in [4.78, 5) is 8.51. The van der Waals surface area contributed by atoms with Crippen LogP contribution < -0.4 is 14.8 Å². The molecule has 1 aromatic heterocycles. The number of methoxy groups -OCH3 is 1. The Labute approximate surface area is 141 Å². The maximum absolute atomic E-state index is 12.4. The molecule has 0 amide bonds. The molecule has 1 N–H and O–H groups in total.